The van der Waals surface area contributed by atoms with Crippen LogP contribution >= 0.6 is 0 Å². The number of hydrogen-bond donors (Lipinski definition) is 2. The number of benzene rings is 1. The van der Waals surface area contributed by atoms with Gasteiger partial charge in [0.2, 0.25) is 5.82 Å². The van der Waals surface area contributed by atoms with Gasteiger partial charge in [0.15, 0.2) is 0 Å². The minimum absolute atomic E-state index is 0.202. The van der Waals surface area contributed by atoms with Crippen molar-refractivity contribution in [1.29, 1.82) is 0 Å². The summed E-state index contributed by atoms with van der Waals surface area (Å²) in [5.74, 6) is -0.649. The molecule has 3 heterocycles. The van der Waals surface area contributed by atoms with E-state index in [1.54, 1.807) is 4.90 Å². The molecule has 1 aromatic carbocycles. The van der Waals surface area contributed by atoms with Crippen LogP contribution in [0.25, 0.3) is 0 Å². The Balaban J connectivity index is 1.53. The quantitative estimate of drug-likeness (QED) is 0.494. The number of ether oxygens (including phenoxy) is 1. The highest BCUT2D eigenvalue weighted by Crippen LogP contribution is 2.38. The van der Waals surface area contributed by atoms with Crippen LogP contribution in [0.5, 0.6) is 0 Å². The molecule has 0 spiro atoms. The number of urea groups is 1. The lowest BCUT2D eigenvalue weighted by Crippen LogP contribution is -2.35. The number of carbonyl (C=O) groups excluding carboxylic acids is 1. The summed E-state index contributed by atoms with van der Waals surface area (Å²) in [5, 5.41) is 16.7. The van der Waals surface area contributed by atoms with E-state index in [1.807, 2.05) is 0 Å². The standard InChI is InChI=1S/C22H25F2N5O4/c23-15-3-4-17(24)16(12-15)18-2-1-9-28(18)20-6-5-19(29(31)32)21(26-20)27-22(30)25-13-14-7-10-33-11-8-14/h3-6,12,14,18H,1-2,7-11,13H2,(H2,25,26,27,30). The zero-order valence-corrected chi connectivity index (χ0v) is 17.9. The first-order valence-corrected chi connectivity index (χ1v) is 10.9. The van der Waals surface area contributed by atoms with Crippen LogP contribution in [0, 0.1) is 27.7 Å². The second-order valence-corrected chi connectivity index (χ2v) is 8.20. The van der Waals surface area contributed by atoms with Gasteiger partial charge >= 0.3 is 11.7 Å². The molecule has 1 atom stereocenters. The molecule has 2 amide bonds. The van der Waals surface area contributed by atoms with Crippen molar-refractivity contribution in [3.05, 3.63) is 57.6 Å². The van der Waals surface area contributed by atoms with Crippen molar-refractivity contribution >= 4 is 23.4 Å². The van der Waals surface area contributed by atoms with E-state index < -0.39 is 28.6 Å². The summed E-state index contributed by atoms with van der Waals surface area (Å²) >= 11 is 0. The van der Waals surface area contributed by atoms with Crippen molar-refractivity contribution in [2.45, 2.75) is 31.7 Å². The Bertz CT molecular complexity index is 1030. The molecule has 2 aromatic rings. The van der Waals surface area contributed by atoms with Crippen LogP contribution in [0.2, 0.25) is 0 Å². The first-order chi connectivity index (χ1) is 15.9. The van der Waals surface area contributed by atoms with Crippen LogP contribution in [0.4, 0.5) is 30.9 Å². The summed E-state index contributed by atoms with van der Waals surface area (Å²) in [6, 6.07) is 4.95. The number of nitrogens with one attached hydrogen (secondary N) is 2. The number of anilines is 2. The lowest BCUT2D eigenvalue weighted by atomic mass is 10.0. The number of carbonyl (C=O) groups is 1. The van der Waals surface area contributed by atoms with E-state index in [0.29, 0.717) is 45.0 Å². The molecule has 2 N–H and O–H groups in total. The second-order valence-electron chi connectivity index (χ2n) is 8.20. The van der Waals surface area contributed by atoms with Crippen molar-refractivity contribution in [1.82, 2.24) is 10.3 Å². The van der Waals surface area contributed by atoms with Gasteiger partial charge in [-0.3, -0.25) is 15.4 Å². The number of nitro groups is 1. The number of nitrogens with zero attached hydrogens (tertiary/aromatic N) is 3. The molecule has 2 aliphatic heterocycles. The fraction of sp³-hybridized carbons (Fsp3) is 0.455. The van der Waals surface area contributed by atoms with Crippen LogP contribution in [0.1, 0.15) is 37.3 Å². The van der Waals surface area contributed by atoms with Gasteiger partial charge in [-0.2, -0.15) is 0 Å². The third kappa shape index (κ3) is 5.36. The summed E-state index contributed by atoms with van der Waals surface area (Å²) < 4.78 is 33.4. The molecule has 0 saturated carbocycles. The molecule has 9 nitrogen and oxygen atoms in total. The Morgan fingerprint density at radius 1 is 1.21 bits per heavy atom. The van der Waals surface area contributed by atoms with Crippen molar-refractivity contribution in [3.63, 3.8) is 0 Å². The Kier molecular flexibility index (Phi) is 6.97. The van der Waals surface area contributed by atoms with Gasteiger partial charge in [-0.25, -0.2) is 18.6 Å². The van der Waals surface area contributed by atoms with Gasteiger partial charge in [-0.05, 0) is 55.9 Å². The van der Waals surface area contributed by atoms with Crippen molar-refractivity contribution in [2.24, 2.45) is 5.92 Å². The Morgan fingerprint density at radius 2 is 2.00 bits per heavy atom. The highest BCUT2D eigenvalue weighted by Gasteiger charge is 2.31. The fourth-order valence-corrected chi connectivity index (χ4v) is 4.31. The predicted molar refractivity (Wildman–Crippen MR) is 117 cm³/mol. The van der Waals surface area contributed by atoms with Crippen LogP contribution < -0.4 is 15.5 Å². The second kappa shape index (κ2) is 10.1. The maximum Gasteiger partial charge on any atom is 0.320 e. The molecule has 4 rings (SSSR count). The predicted octanol–water partition coefficient (Wildman–Crippen LogP) is 4.16. The van der Waals surface area contributed by atoms with Gasteiger partial charge in [0.05, 0.1) is 11.0 Å². The summed E-state index contributed by atoms with van der Waals surface area (Å²) in [5.41, 5.74) is -0.149. The topological polar surface area (TPSA) is 110 Å². The van der Waals surface area contributed by atoms with E-state index in [2.05, 4.69) is 15.6 Å². The Hall–Kier alpha value is -3.34. The van der Waals surface area contributed by atoms with Crippen LogP contribution in [0.3, 0.4) is 0 Å². The summed E-state index contributed by atoms with van der Waals surface area (Å²) in [4.78, 5) is 29.4. The number of halogens is 2. The average molecular weight is 461 g/mol. The first kappa shape index (κ1) is 22.8. The zero-order chi connectivity index (χ0) is 23.4. The van der Waals surface area contributed by atoms with Gasteiger partial charge < -0.3 is 15.0 Å². The van der Waals surface area contributed by atoms with Crippen molar-refractivity contribution in [2.75, 3.05) is 36.5 Å². The molecule has 1 aromatic heterocycles. The van der Waals surface area contributed by atoms with Crippen molar-refractivity contribution < 1.29 is 23.2 Å². The van der Waals surface area contributed by atoms with Crippen LogP contribution in [-0.4, -0.2) is 42.2 Å². The molecule has 2 fully saturated rings. The summed E-state index contributed by atoms with van der Waals surface area (Å²) in [6.07, 6.45) is 2.96. The van der Waals surface area contributed by atoms with E-state index in [4.69, 9.17) is 4.74 Å². The van der Waals surface area contributed by atoms with Gasteiger partial charge in [0.1, 0.15) is 17.5 Å². The molecule has 0 aliphatic carbocycles. The monoisotopic (exact) mass is 461 g/mol. The summed E-state index contributed by atoms with van der Waals surface area (Å²) in [7, 11) is 0. The van der Waals surface area contributed by atoms with Gasteiger partial charge in [-0.1, -0.05) is 0 Å². The molecular formula is C22H25F2N5O4. The minimum atomic E-state index is -0.626. The molecule has 0 radical (unpaired) electrons. The molecule has 0 bridgehead atoms. The highest BCUT2D eigenvalue weighted by molar-refractivity contribution is 5.90. The lowest BCUT2D eigenvalue weighted by Gasteiger charge is -2.27. The molecule has 11 heteroatoms. The lowest BCUT2D eigenvalue weighted by molar-refractivity contribution is -0.384. The number of amides is 2. The molecule has 33 heavy (non-hydrogen) atoms. The van der Waals surface area contributed by atoms with Crippen LogP contribution in [0.15, 0.2) is 30.3 Å². The number of aromatic nitrogens is 1. The molecular weight excluding hydrogens is 436 g/mol. The summed E-state index contributed by atoms with van der Waals surface area (Å²) in [6.45, 7) is 2.23. The highest BCUT2D eigenvalue weighted by atomic mass is 19.1. The van der Waals surface area contributed by atoms with Gasteiger partial charge in [0, 0.05) is 37.9 Å². The third-order valence-electron chi connectivity index (χ3n) is 6.04. The first-order valence-electron chi connectivity index (χ1n) is 10.9. The third-order valence-corrected chi connectivity index (χ3v) is 6.04. The van der Waals surface area contributed by atoms with Crippen molar-refractivity contribution in [3.8, 4) is 0 Å². The van der Waals surface area contributed by atoms with E-state index in [1.165, 1.54) is 12.1 Å². The fourth-order valence-electron chi connectivity index (χ4n) is 4.31. The minimum Gasteiger partial charge on any atom is -0.381 e. The van der Waals surface area contributed by atoms with Gasteiger partial charge in [0.25, 0.3) is 0 Å². The molecule has 2 saturated heterocycles. The number of pyridine rings is 1. The van der Waals surface area contributed by atoms with E-state index in [9.17, 15) is 23.7 Å². The Morgan fingerprint density at radius 3 is 2.76 bits per heavy atom. The number of rotatable bonds is 6. The van der Waals surface area contributed by atoms with E-state index >= 15 is 0 Å². The van der Waals surface area contributed by atoms with E-state index in [-0.39, 0.29) is 23.0 Å². The van der Waals surface area contributed by atoms with E-state index in [0.717, 1.165) is 31.0 Å². The SMILES string of the molecule is O=C(NCC1CCOCC1)Nc1nc(N2CCCC2c2cc(F)ccc2F)ccc1[N+](=O)[O-]. The normalized spacial score (nSPS) is 18.8. The average Bonchev–Trinajstić information content (AvgIpc) is 3.29. The smallest absolute Gasteiger partial charge is 0.320 e. The number of hydrogen-bond acceptors (Lipinski definition) is 6. The van der Waals surface area contributed by atoms with Gasteiger partial charge in [-0.15, -0.1) is 0 Å². The Labute approximate surface area is 189 Å². The molecule has 176 valence electrons. The maximum absolute atomic E-state index is 14.4. The van der Waals surface area contributed by atoms with Crippen LogP contribution in [-0.2, 0) is 4.74 Å². The zero-order valence-electron chi connectivity index (χ0n) is 17.9. The molecule has 1 unspecified atom stereocenters. The largest absolute Gasteiger partial charge is 0.381 e. The maximum atomic E-state index is 14.4. The molecule has 2 aliphatic rings.